The molecule has 0 saturated heterocycles. The van der Waals surface area contributed by atoms with E-state index in [1.54, 1.807) is 6.92 Å². The van der Waals surface area contributed by atoms with E-state index >= 15 is 0 Å². The van der Waals surface area contributed by atoms with Gasteiger partial charge >= 0.3 is 5.97 Å². The third-order valence-electron chi connectivity index (χ3n) is 1.22. The molecule has 0 fully saturated rings. The van der Waals surface area contributed by atoms with E-state index in [-0.39, 0.29) is 39.3 Å². The summed E-state index contributed by atoms with van der Waals surface area (Å²) < 4.78 is 6.04. The summed E-state index contributed by atoms with van der Waals surface area (Å²) in [5, 5.41) is 0. The zero-order chi connectivity index (χ0) is 8.85. The summed E-state index contributed by atoms with van der Waals surface area (Å²) in [5.74, 6) is -0.278. The molecule has 0 aromatic heterocycles. The van der Waals surface area contributed by atoms with Gasteiger partial charge in [0.25, 0.3) is 0 Å². The fourth-order valence-corrected chi connectivity index (χ4v) is 1.18. The molecule has 1 unspecified atom stereocenters. The topological polar surface area (TPSA) is 29.5 Å². The third-order valence-corrected chi connectivity index (χ3v) is 1.78. The summed E-state index contributed by atoms with van der Waals surface area (Å²) in [5.41, 5.74) is 0. The van der Waals surface area contributed by atoms with Gasteiger partial charge in [-0.15, -0.1) is 0 Å². The number of ether oxygens (including phenoxy) is 1. The molecule has 1 atom stereocenters. The van der Waals surface area contributed by atoms with Crippen LogP contribution in [0.5, 0.6) is 0 Å². The Morgan fingerprint density at radius 3 is 2.25 bits per heavy atom. The van der Waals surface area contributed by atoms with Gasteiger partial charge in [-0.05, 0) is 13.3 Å². The van der Waals surface area contributed by atoms with Crippen LogP contribution in [0.3, 0.4) is 0 Å². The van der Waals surface area contributed by atoms with Gasteiger partial charge in [0, 0.05) is 27.3 Å². The summed E-state index contributed by atoms with van der Waals surface area (Å²) in [7, 11) is 0. The average molecular weight is 308 g/mol. The largest absolute Gasteiger partial charge is 0.465 e. The zero-order valence-electron chi connectivity index (χ0n) is 7.36. The van der Waals surface area contributed by atoms with E-state index in [1.807, 2.05) is 6.92 Å². The molecule has 0 saturated carbocycles. The standard InChI is InChI=1S/C6H13NO2S2.Cd/c1-3-5(7(10)11)6(8)9-4-2;/h5,10-11H,3-4H2,1-2H3;. The molecule has 0 aromatic carbocycles. The molecular weight excluding hydrogens is 295 g/mol. The molecule has 0 aliphatic heterocycles. The van der Waals surface area contributed by atoms with Crippen molar-refractivity contribution in [3.05, 3.63) is 0 Å². The molecule has 0 radical (unpaired) electrons. The first kappa shape index (κ1) is 15.5. The quantitative estimate of drug-likeness (QED) is 0.466. The van der Waals surface area contributed by atoms with Gasteiger partial charge in [-0.25, -0.2) is 0 Å². The van der Waals surface area contributed by atoms with Gasteiger partial charge in [-0.3, -0.25) is 4.79 Å². The van der Waals surface area contributed by atoms with Crippen LogP contribution in [0.2, 0.25) is 0 Å². The van der Waals surface area contributed by atoms with Crippen LogP contribution in [0.15, 0.2) is 0 Å². The monoisotopic (exact) mass is 309 g/mol. The smallest absolute Gasteiger partial charge is 0.325 e. The normalized spacial score (nSPS) is 12.1. The number of thiol groups is 2. The molecule has 0 amide bonds. The van der Waals surface area contributed by atoms with Gasteiger partial charge < -0.3 is 4.74 Å². The molecule has 0 aromatic rings. The first-order chi connectivity index (χ1) is 5.13. The minimum absolute atomic E-state index is 0. The molecule has 0 spiro atoms. The molecule has 0 N–H and O–H groups in total. The summed E-state index contributed by atoms with van der Waals surface area (Å²) in [6, 6.07) is -0.360. The van der Waals surface area contributed by atoms with Crippen LogP contribution in [0.1, 0.15) is 20.3 Å². The second-order valence-electron chi connectivity index (χ2n) is 2.00. The second-order valence-corrected chi connectivity index (χ2v) is 3.17. The third kappa shape index (κ3) is 5.66. The Kier molecular flexibility index (Phi) is 11.2. The Balaban J connectivity index is 0. The van der Waals surface area contributed by atoms with Crippen LogP contribution in [-0.2, 0) is 36.8 Å². The number of carbonyl (C=O) groups is 1. The Morgan fingerprint density at radius 2 is 2.00 bits per heavy atom. The maximum absolute atomic E-state index is 11.1. The first-order valence-corrected chi connectivity index (χ1v) is 4.27. The molecule has 12 heavy (non-hydrogen) atoms. The molecule has 6 heteroatoms. The van der Waals surface area contributed by atoms with Crippen LogP contribution < -0.4 is 0 Å². The van der Waals surface area contributed by atoms with Gasteiger partial charge in [0.2, 0.25) is 0 Å². The van der Waals surface area contributed by atoms with E-state index in [2.05, 4.69) is 25.6 Å². The molecular formula is C6H13CdNO2S2. The molecule has 68 valence electrons. The van der Waals surface area contributed by atoms with Gasteiger partial charge in [0.15, 0.2) is 0 Å². The zero-order valence-corrected chi connectivity index (χ0v) is 13.2. The van der Waals surface area contributed by atoms with Crippen molar-refractivity contribution in [2.45, 2.75) is 26.3 Å². The van der Waals surface area contributed by atoms with Crippen LogP contribution >= 0.6 is 25.6 Å². The van der Waals surface area contributed by atoms with Gasteiger partial charge in [-0.1, -0.05) is 32.6 Å². The van der Waals surface area contributed by atoms with Crippen LogP contribution in [0.4, 0.5) is 0 Å². The maximum atomic E-state index is 11.1. The predicted molar refractivity (Wildman–Crippen MR) is 50.5 cm³/mol. The van der Waals surface area contributed by atoms with E-state index < -0.39 is 0 Å². The maximum Gasteiger partial charge on any atom is 0.325 e. The van der Waals surface area contributed by atoms with Crippen molar-refractivity contribution in [3.8, 4) is 0 Å². The molecule has 0 aliphatic rings. The number of hydrogen-bond acceptors (Lipinski definition) is 5. The summed E-state index contributed by atoms with van der Waals surface area (Å²) in [6.45, 7) is 4.04. The predicted octanol–water partition coefficient (Wildman–Crippen LogP) is 1.32. The van der Waals surface area contributed by atoms with Crippen molar-refractivity contribution in [2.24, 2.45) is 0 Å². The van der Waals surface area contributed by atoms with Crippen molar-refractivity contribution >= 4 is 31.6 Å². The van der Waals surface area contributed by atoms with Crippen LogP contribution in [0.25, 0.3) is 0 Å². The SMILES string of the molecule is CCOC(=O)C(CC)N(S)S.[Cd]. The number of rotatable bonds is 4. The van der Waals surface area contributed by atoms with Crippen LogP contribution in [0, 0.1) is 0 Å². The van der Waals surface area contributed by atoms with E-state index in [4.69, 9.17) is 4.74 Å². The van der Waals surface area contributed by atoms with Crippen molar-refractivity contribution in [1.82, 2.24) is 3.71 Å². The number of carbonyl (C=O) groups excluding carboxylic acids is 1. The number of esters is 1. The van der Waals surface area contributed by atoms with Crippen LogP contribution in [-0.4, -0.2) is 22.3 Å². The van der Waals surface area contributed by atoms with Gasteiger partial charge in [-0.2, -0.15) is 3.71 Å². The molecule has 0 heterocycles. The van der Waals surface area contributed by atoms with Crippen molar-refractivity contribution in [1.29, 1.82) is 0 Å². The Morgan fingerprint density at radius 1 is 1.50 bits per heavy atom. The summed E-state index contributed by atoms with van der Waals surface area (Å²) >= 11 is 7.80. The van der Waals surface area contributed by atoms with Gasteiger partial charge in [0.05, 0.1) is 6.61 Å². The van der Waals surface area contributed by atoms with Crippen molar-refractivity contribution < 1.29 is 36.8 Å². The molecule has 0 bridgehead atoms. The Bertz CT molecular complexity index is 135. The molecule has 3 nitrogen and oxygen atoms in total. The number of hydrogen-bond donors (Lipinski definition) is 2. The van der Waals surface area contributed by atoms with E-state index in [1.165, 1.54) is 3.71 Å². The van der Waals surface area contributed by atoms with E-state index in [9.17, 15) is 4.79 Å². The first-order valence-electron chi connectivity index (χ1n) is 3.47. The van der Waals surface area contributed by atoms with Crippen molar-refractivity contribution in [3.63, 3.8) is 0 Å². The fourth-order valence-electron chi connectivity index (χ4n) is 0.663. The summed E-state index contributed by atoms with van der Waals surface area (Å²) in [6.07, 6.45) is 0.645. The molecule has 0 rings (SSSR count). The van der Waals surface area contributed by atoms with E-state index in [0.29, 0.717) is 13.0 Å². The minimum Gasteiger partial charge on any atom is -0.465 e. The molecule has 0 aliphatic carbocycles. The Hall–Kier alpha value is 1.05. The van der Waals surface area contributed by atoms with E-state index in [0.717, 1.165) is 0 Å². The summed E-state index contributed by atoms with van der Waals surface area (Å²) in [4.78, 5) is 11.1. The average Bonchev–Trinajstić information content (AvgIpc) is 1.88. The Labute approximate surface area is 104 Å². The van der Waals surface area contributed by atoms with Crippen molar-refractivity contribution in [2.75, 3.05) is 6.61 Å². The fraction of sp³-hybridized carbons (Fsp3) is 0.833. The minimum atomic E-state index is -0.360. The number of nitrogens with zero attached hydrogens (tertiary/aromatic N) is 1. The second kappa shape index (κ2) is 8.64. The van der Waals surface area contributed by atoms with Gasteiger partial charge in [0.1, 0.15) is 6.04 Å².